The molecule has 0 aromatic heterocycles. The van der Waals surface area contributed by atoms with E-state index in [0.717, 1.165) is 18.4 Å². The lowest BCUT2D eigenvalue weighted by Gasteiger charge is -2.10. The monoisotopic (exact) mass is 278 g/mol. The normalized spacial score (nSPS) is 13.9. The predicted octanol–water partition coefficient (Wildman–Crippen LogP) is 5.21. The van der Waals surface area contributed by atoms with E-state index >= 15 is 0 Å². The average Bonchev–Trinajstić information content (AvgIpc) is 2.27. The topological polar surface area (TPSA) is 26.3 Å². The minimum absolute atomic E-state index is 0.259. The predicted molar refractivity (Wildman–Crippen MR) is 86.6 cm³/mol. The van der Waals surface area contributed by atoms with Gasteiger partial charge in [-0.3, -0.25) is 0 Å². The second-order valence-corrected chi connectivity index (χ2v) is 5.80. The molecule has 0 heterocycles. The van der Waals surface area contributed by atoms with Gasteiger partial charge in [0.1, 0.15) is 0 Å². The molecule has 1 atom stereocenters. The smallest absolute Gasteiger partial charge is 0.330 e. The lowest BCUT2D eigenvalue weighted by Crippen LogP contribution is -2.00. The van der Waals surface area contributed by atoms with E-state index in [-0.39, 0.29) is 5.97 Å². The fraction of sp³-hybridized carbons (Fsp3) is 0.611. The van der Waals surface area contributed by atoms with E-state index < -0.39 is 0 Å². The van der Waals surface area contributed by atoms with Crippen LogP contribution in [0.4, 0.5) is 0 Å². The highest BCUT2D eigenvalue weighted by molar-refractivity contribution is 5.83. The van der Waals surface area contributed by atoms with Crippen molar-refractivity contribution in [3.05, 3.63) is 34.9 Å². The number of allylic oxidation sites excluding steroid dienone is 5. The average molecular weight is 278 g/mol. The molecule has 0 radical (unpaired) electrons. The van der Waals surface area contributed by atoms with Crippen LogP contribution >= 0.6 is 0 Å². The van der Waals surface area contributed by atoms with Gasteiger partial charge >= 0.3 is 5.97 Å². The van der Waals surface area contributed by atoms with Crippen LogP contribution in [-0.2, 0) is 9.53 Å². The summed E-state index contributed by atoms with van der Waals surface area (Å²) in [6.45, 7) is 12.9. The number of carbonyl (C=O) groups excluding carboxylic acids is 1. The zero-order valence-electron chi connectivity index (χ0n) is 14.0. The van der Waals surface area contributed by atoms with E-state index in [1.807, 2.05) is 13.8 Å². The first-order valence-corrected chi connectivity index (χ1v) is 7.50. The minimum Gasteiger partial charge on any atom is -0.463 e. The highest BCUT2D eigenvalue weighted by atomic mass is 16.5. The maximum atomic E-state index is 11.3. The van der Waals surface area contributed by atoms with Gasteiger partial charge in [-0.15, -0.1) is 0 Å². The van der Waals surface area contributed by atoms with Gasteiger partial charge < -0.3 is 4.74 Å². The summed E-state index contributed by atoms with van der Waals surface area (Å²) in [5.74, 6) is 0.405. The molecule has 0 aromatic rings. The summed E-state index contributed by atoms with van der Waals surface area (Å²) in [4.78, 5) is 11.3. The Morgan fingerprint density at radius 3 is 2.35 bits per heavy atom. The maximum absolute atomic E-state index is 11.3. The zero-order chi connectivity index (χ0) is 15.5. The molecule has 0 amide bonds. The highest BCUT2D eigenvalue weighted by Crippen LogP contribution is 2.18. The van der Waals surface area contributed by atoms with Crippen LogP contribution in [0.1, 0.15) is 60.8 Å². The Morgan fingerprint density at radius 2 is 1.80 bits per heavy atom. The van der Waals surface area contributed by atoms with Gasteiger partial charge in [-0.2, -0.15) is 0 Å². The second kappa shape index (κ2) is 10.5. The van der Waals surface area contributed by atoms with Gasteiger partial charge in [0.25, 0.3) is 0 Å². The number of rotatable bonds is 8. The first-order valence-electron chi connectivity index (χ1n) is 7.50. The van der Waals surface area contributed by atoms with Crippen molar-refractivity contribution in [1.29, 1.82) is 0 Å². The van der Waals surface area contributed by atoms with Gasteiger partial charge in [0, 0.05) is 6.08 Å². The Bertz CT molecular complexity index is 382. The molecule has 0 aromatic carbocycles. The summed E-state index contributed by atoms with van der Waals surface area (Å²) in [5.41, 5.74) is 3.66. The Hall–Kier alpha value is -1.31. The molecule has 0 saturated carbocycles. The van der Waals surface area contributed by atoms with Crippen LogP contribution in [0, 0.1) is 5.92 Å². The summed E-state index contributed by atoms with van der Waals surface area (Å²) in [6, 6.07) is 0. The first kappa shape index (κ1) is 18.7. The molecule has 0 rings (SSSR count). The number of hydrogen-bond acceptors (Lipinski definition) is 2. The van der Waals surface area contributed by atoms with Crippen LogP contribution in [0.15, 0.2) is 34.9 Å². The van der Waals surface area contributed by atoms with Crippen molar-refractivity contribution in [2.24, 2.45) is 5.92 Å². The fourth-order valence-electron chi connectivity index (χ4n) is 2.17. The Balaban J connectivity index is 4.30. The van der Waals surface area contributed by atoms with Crippen molar-refractivity contribution >= 4 is 5.97 Å². The summed E-state index contributed by atoms with van der Waals surface area (Å²) in [7, 11) is 0. The van der Waals surface area contributed by atoms with Gasteiger partial charge in [-0.05, 0) is 65.4 Å². The molecular formula is C18H30O2. The largest absolute Gasteiger partial charge is 0.463 e. The van der Waals surface area contributed by atoms with Gasteiger partial charge in [0.2, 0.25) is 0 Å². The lowest BCUT2D eigenvalue weighted by atomic mass is 9.96. The summed E-state index contributed by atoms with van der Waals surface area (Å²) >= 11 is 0. The molecule has 0 saturated heterocycles. The van der Waals surface area contributed by atoms with Crippen molar-refractivity contribution < 1.29 is 9.53 Å². The lowest BCUT2D eigenvalue weighted by molar-refractivity contribution is -0.137. The molecule has 0 spiro atoms. The number of carbonyl (C=O) groups is 1. The molecule has 0 aliphatic carbocycles. The van der Waals surface area contributed by atoms with Gasteiger partial charge in [0.15, 0.2) is 0 Å². The number of hydrogen-bond donors (Lipinski definition) is 0. The molecule has 0 fully saturated rings. The SMILES string of the molecule is CCOC(=O)C=C(C)C=C(C)CC(C)CCC=C(C)C. The molecular weight excluding hydrogens is 248 g/mol. The summed E-state index contributed by atoms with van der Waals surface area (Å²) < 4.78 is 4.90. The van der Waals surface area contributed by atoms with Gasteiger partial charge in [-0.25, -0.2) is 4.79 Å². The van der Waals surface area contributed by atoms with Crippen molar-refractivity contribution in [3.63, 3.8) is 0 Å². The van der Waals surface area contributed by atoms with Crippen LogP contribution in [-0.4, -0.2) is 12.6 Å². The summed E-state index contributed by atoms with van der Waals surface area (Å²) in [6.07, 6.45) is 9.35. The van der Waals surface area contributed by atoms with E-state index in [2.05, 4.69) is 39.8 Å². The third-order valence-corrected chi connectivity index (χ3v) is 2.99. The van der Waals surface area contributed by atoms with E-state index in [9.17, 15) is 4.79 Å². The second-order valence-electron chi connectivity index (χ2n) is 5.80. The minimum atomic E-state index is -0.259. The third-order valence-electron chi connectivity index (χ3n) is 2.99. The van der Waals surface area contributed by atoms with Crippen LogP contribution < -0.4 is 0 Å². The molecule has 0 aliphatic rings. The molecule has 0 N–H and O–H groups in total. The number of ether oxygens (including phenoxy) is 1. The summed E-state index contributed by atoms with van der Waals surface area (Å²) in [5, 5.41) is 0. The first-order chi connectivity index (χ1) is 9.35. The number of esters is 1. The quantitative estimate of drug-likeness (QED) is 0.263. The van der Waals surface area contributed by atoms with Crippen LogP contribution in [0.5, 0.6) is 0 Å². The Morgan fingerprint density at radius 1 is 1.15 bits per heavy atom. The van der Waals surface area contributed by atoms with Gasteiger partial charge in [-0.1, -0.05) is 30.2 Å². The molecule has 1 unspecified atom stereocenters. The zero-order valence-corrected chi connectivity index (χ0v) is 14.0. The van der Waals surface area contributed by atoms with E-state index in [4.69, 9.17) is 4.74 Å². The van der Waals surface area contributed by atoms with E-state index in [0.29, 0.717) is 12.5 Å². The molecule has 20 heavy (non-hydrogen) atoms. The maximum Gasteiger partial charge on any atom is 0.330 e. The van der Waals surface area contributed by atoms with Crippen molar-refractivity contribution in [2.75, 3.05) is 6.61 Å². The Labute approximate surface area is 124 Å². The van der Waals surface area contributed by atoms with E-state index in [1.165, 1.54) is 17.6 Å². The van der Waals surface area contributed by atoms with Crippen LogP contribution in [0.3, 0.4) is 0 Å². The Kier molecular flexibility index (Phi) is 9.79. The fourth-order valence-corrected chi connectivity index (χ4v) is 2.17. The van der Waals surface area contributed by atoms with Crippen molar-refractivity contribution in [2.45, 2.75) is 60.8 Å². The molecule has 114 valence electrons. The molecule has 0 aliphatic heterocycles. The van der Waals surface area contributed by atoms with Crippen LogP contribution in [0.2, 0.25) is 0 Å². The molecule has 2 nitrogen and oxygen atoms in total. The van der Waals surface area contributed by atoms with Crippen LogP contribution in [0.25, 0.3) is 0 Å². The molecule has 0 bridgehead atoms. The standard InChI is InChI=1S/C18H30O2/c1-7-20-18(19)13-17(6)12-16(5)11-15(4)10-8-9-14(2)3/h9,12-13,15H,7-8,10-11H2,1-6H3. The van der Waals surface area contributed by atoms with E-state index in [1.54, 1.807) is 6.08 Å². The van der Waals surface area contributed by atoms with Gasteiger partial charge in [0.05, 0.1) is 6.61 Å². The van der Waals surface area contributed by atoms with Crippen molar-refractivity contribution in [1.82, 2.24) is 0 Å². The highest BCUT2D eigenvalue weighted by Gasteiger charge is 2.03. The third kappa shape index (κ3) is 10.6. The molecule has 2 heteroatoms. The van der Waals surface area contributed by atoms with Crippen molar-refractivity contribution in [3.8, 4) is 0 Å².